The van der Waals surface area contributed by atoms with E-state index in [1.54, 1.807) is 0 Å². The Labute approximate surface area is 114 Å². The van der Waals surface area contributed by atoms with E-state index in [9.17, 15) is 8.78 Å². The summed E-state index contributed by atoms with van der Waals surface area (Å²) >= 11 is 0. The summed E-state index contributed by atoms with van der Waals surface area (Å²) in [6, 6.07) is 19.3. The molecule has 2 heteroatoms. The molecule has 0 heterocycles. The summed E-state index contributed by atoms with van der Waals surface area (Å²) in [4.78, 5) is 0. The second-order valence-corrected chi connectivity index (χ2v) is 4.81. The number of rotatable bonds is 0. The van der Waals surface area contributed by atoms with Crippen LogP contribution in [0.5, 0.6) is 0 Å². The van der Waals surface area contributed by atoms with Crippen LogP contribution in [0.15, 0.2) is 54.6 Å². The summed E-state index contributed by atoms with van der Waals surface area (Å²) in [6.45, 7) is 0. The Bertz CT molecular complexity index is 891. The monoisotopic (exact) mass is 263 g/mol. The van der Waals surface area contributed by atoms with Crippen molar-refractivity contribution < 1.29 is 8.78 Å². The van der Waals surface area contributed by atoms with Gasteiger partial charge in [0.25, 0.3) is 0 Å². The SMILES string of the molecule is Fc1[c]c2c3ccccc3c3ccccc3c2cc1F. The highest BCUT2D eigenvalue weighted by molar-refractivity contribution is 6.25. The van der Waals surface area contributed by atoms with Gasteiger partial charge in [0.2, 0.25) is 0 Å². The Kier molecular flexibility index (Phi) is 2.27. The molecule has 0 fully saturated rings. The second kappa shape index (κ2) is 4.01. The molecule has 0 amide bonds. The predicted octanol–water partition coefficient (Wildman–Crippen LogP) is 5.22. The van der Waals surface area contributed by atoms with E-state index in [4.69, 9.17) is 0 Å². The van der Waals surface area contributed by atoms with Gasteiger partial charge in [0.15, 0.2) is 11.6 Å². The van der Waals surface area contributed by atoms with Crippen LogP contribution in [-0.2, 0) is 0 Å². The molecule has 0 N–H and O–H groups in total. The molecular weight excluding hydrogens is 254 g/mol. The highest BCUT2D eigenvalue weighted by atomic mass is 19.2. The van der Waals surface area contributed by atoms with Gasteiger partial charge >= 0.3 is 0 Å². The van der Waals surface area contributed by atoms with Crippen LogP contribution in [0.1, 0.15) is 0 Å². The van der Waals surface area contributed by atoms with Gasteiger partial charge in [-0.25, -0.2) is 8.78 Å². The van der Waals surface area contributed by atoms with Crippen LogP contribution < -0.4 is 0 Å². The maximum atomic E-state index is 13.6. The summed E-state index contributed by atoms with van der Waals surface area (Å²) in [5.41, 5.74) is 0. The average Bonchev–Trinajstić information content (AvgIpc) is 2.49. The lowest BCUT2D eigenvalue weighted by Crippen LogP contribution is -1.88. The fourth-order valence-corrected chi connectivity index (χ4v) is 2.81. The largest absolute Gasteiger partial charge is 0.204 e. The van der Waals surface area contributed by atoms with E-state index in [0.717, 1.165) is 21.5 Å². The molecule has 0 aliphatic rings. The minimum absolute atomic E-state index is 0.623. The molecule has 0 nitrogen and oxygen atoms in total. The van der Waals surface area contributed by atoms with Crippen molar-refractivity contribution in [2.45, 2.75) is 0 Å². The summed E-state index contributed by atoms with van der Waals surface area (Å²) in [6.07, 6.45) is 0. The Morgan fingerprint density at radius 1 is 0.650 bits per heavy atom. The van der Waals surface area contributed by atoms with Gasteiger partial charge < -0.3 is 0 Å². The second-order valence-electron chi connectivity index (χ2n) is 4.81. The van der Waals surface area contributed by atoms with E-state index in [1.165, 1.54) is 6.07 Å². The smallest absolute Gasteiger partial charge is 0.167 e. The minimum atomic E-state index is -0.932. The molecular formula is C18H9F2. The standard InChI is InChI=1S/C18H9F2/c19-17-9-15-13-7-3-1-5-11(13)12-6-2-4-8-14(12)16(15)10-18(17)20/h1-9H. The Morgan fingerprint density at radius 2 is 1.15 bits per heavy atom. The summed E-state index contributed by atoms with van der Waals surface area (Å²) in [5.74, 6) is -1.80. The maximum absolute atomic E-state index is 13.6. The summed E-state index contributed by atoms with van der Waals surface area (Å²) in [7, 11) is 0. The Hall–Kier alpha value is -2.48. The van der Waals surface area contributed by atoms with Crippen molar-refractivity contribution in [1.29, 1.82) is 0 Å². The molecule has 0 bridgehead atoms. The molecule has 0 aliphatic carbocycles. The quantitative estimate of drug-likeness (QED) is 0.381. The molecule has 4 aromatic rings. The van der Waals surface area contributed by atoms with E-state index < -0.39 is 11.6 Å². The lowest BCUT2D eigenvalue weighted by molar-refractivity contribution is 0.509. The van der Waals surface area contributed by atoms with Crippen molar-refractivity contribution in [3.63, 3.8) is 0 Å². The molecule has 0 atom stereocenters. The van der Waals surface area contributed by atoms with Crippen LogP contribution in [0.2, 0.25) is 0 Å². The van der Waals surface area contributed by atoms with Gasteiger partial charge in [-0.15, -0.1) is 0 Å². The van der Waals surface area contributed by atoms with Crippen LogP contribution in [0.25, 0.3) is 32.3 Å². The van der Waals surface area contributed by atoms with E-state index in [2.05, 4.69) is 6.07 Å². The normalized spacial score (nSPS) is 11.5. The van der Waals surface area contributed by atoms with Crippen LogP contribution in [-0.4, -0.2) is 0 Å². The highest BCUT2D eigenvalue weighted by Crippen LogP contribution is 2.35. The van der Waals surface area contributed by atoms with Gasteiger partial charge in [-0.3, -0.25) is 0 Å². The van der Waals surface area contributed by atoms with Crippen LogP contribution in [0.4, 0.5) is 8.78 Å². The van der Waals surface area contributed by atoms with Crippen LogP contribution in [0, 0.1) is 17.7 Å². The molecule has 0 unspecified atom stereocenters. The van der Waals surface area contributed by atoms with Crippen molar-refractivity contribution in [3.8, 4) is 0 Å². The number of benzene rings is 4. The minimum Gasteiger partial charge on any atom is -0.204 e. The highest BCUT2D eigenvalue weighted by Gasteiger charge is 2.11. The van der Waals surface area contributed by atoms with Crippen molar-refractivity contribution in [3.05, 3.63) is 72.3 Å². The third-order valence-corrected chi connectivity index (χ3v) is 3.69. The number of halogens is 2. The maximum Gasteiger partial charge on any atom is 0.167 e. The Morgan fingerprint density at radius 3 is 1.80 bits per heavy atom. The van der Waals surface area contributed by atoms with Gasteiger partial charge in [0, 0.05) is 11.5 Å². The third kappa shape index (κ3) is 1.45. The molecule has 0 aliphatic heterocycles. The summed E-state index contributed by atoms with van der Waals surface area (Å²) in [5, 5.41) is 5.18. The van der Waals surface area contributed by atoms with Crippen molar-refractivity contribution in [2.24, 2.45) is 0 Å². The fraction of sp³-hybridized carbons (Fsp3) is 0. The van der Waals surface area contributed by atoms with E-state index >= 15 is 0 Å². The first kappa shape index (κ1) is 11.4. The van der Waals surface area contributed by atoms with E-state index in [0.29, 0.717) is 10.8 Å². The van der Waals surface area contributed by atoms with Crippen LogP contribution in [0.3, 0.4) is 0 Å². The zero-order valence-corrected chi connectivity index (χ0v) is 10.5. The first-order valence-electron chi connectivity index (χ1n) is 6.36. The molecule has 0 spiro atoms. The van der Waals surface area contributed by atoms with Gasteiger partial charge in [0.1, 0.15) is 0 Å². The average molecular weight is 263 g/mol. The van der Waals surface area contributed by atoms with Crippen molar-refractivity contribution >= 4 is 32.3 Å². The molecule has 4 rings (SSSR count). The van der Waals surface area contributed by atoms with E-state index in [-0.39, 0.29) is 0 Å². The molecule has 4 aromatic carbocycles. The fourth-order valence-electron chi connectivity index (χ4n) is 2.81. The van der Waals surface area contributed by atoms with Crippen LogP contribution >= 0.6 is 0 Å². The Balaban J connectivity index is 2.42. The molecule has 0 saturated heterocycles. The molecule has 1 radical (unpaired) electrons. The lowest BCUT2D eigenvalue weighted by atomic mass is 9.94. The van der Waals surface area contributed by atoms with Crippen molar-refractivity contribution in [2.75, 3.05) is 0 Å². The van der Waals surface area contributed by atoms with Gasteiger partial charge in [-0.05, 0) is 33.0 Å². The van der Waals surface area contributed by atoms with E-state index in [1.807, 2.05) is 48.5 Å². The van der Waals surface area contributed by atoms with Gasteiger partial charge in [-0.2, -0.15) is 0 Å². The first-order valence-corrected chi connectivity index (χ1v) is 6.36. The third-order valence-electron chi connectivity index (χ3n) is 3.69. The molecule has 0 aromatic heterocycles. The topological polar surface area (TPSA) is 0 Å². The zero-order chi connectivity index (χ0) is 13.7. The number of hydrogen-bond acceptors (Lipinski definition) is 0. The molecule has 20 heavy (non-hydrogen) atoms. The van der Waals surface area contributed by atoms with Gasteiger partial charge in [-0.1, -0.05) is 48.5 Å². The zero-order valence-electron chi connectivity index (χ0n) is 10.5. The van der Waals surface area contributed by atoms with Crippen molar-refractivity contribution in [1.82, 2.24) is 0 Å². The lowest BCUT2D eigenvalue weighted by Gasteiger charge is -2.10. The predicted molar refractivity (Wildman–Crippen MR) is 77.7 cm³/mol. The summed E-state index contributed by atoms with van der Waals surface area (Å²) < 4.78 is 27.1. The molecule has 0 saturated carbocycles. The first-order chi connectivity index (χ1) is 9.75. The number of fused-ring (bicyclic) bond motifs is 6. The number of hydrogen-bond donors (Lipinski definition) is 0. The molecule has 95 valence electrons. The van der Waals surface area contributed by atoms with Gasteiger partial charge in [0.05, 0.1) is 0 Å².